The maximum atomic E-state index is 14.3. The van der Waals surface area contributed by atoms with E-state index in [9.17, 15) is 13.4 Å². The number of halogens is 1. The number of hydrogen-bond acceptors (Lipinski definition) is 4. The molecule has 0 spiro atoms. The minimum absolute atomic E-state index is 0.0816. The second-order valence-electron chi connectivity index (χ2n) is 6.33. The van der Waals surface area contributed by atoms with Crippen molar-refractivity contribution in [3.8, 4) is 12.3 Å². The predicted molar refractivity (Wildman–Crippen MR) is 90.1 cm³/mol. The largest absolute Gasteiger partial charge is 0.465 e. The minimum atomic E-state index is -3.32. The molecule has 1 aromatic rings. The zero-order valence-corrected chi connectivity index (χ0v) is 14.3. The molecule has 0 saturated heterocycles. The summed E-state index contributed by atoms with van der Waals surface area (Å²) >= 11 is 0. The van der Waals surface area contributed by atoms with Gasteiger partial charge in [0.25, 0.3) is 0 Å². The van der Waals surface area contributed by atoms with E-state index in [4.69, 9.17) is 16.3 Å². The van der Waals surface area contributed by atoms with Crippen molar-refractivity contribution in [2.45, 2.75) is 31.1 Å². The zero-order valence-electron chi connectivity index (χ0n) is 13.5. The number of hydrogen-bond donors (Lipinski definition) is 3. The summed E-state index contributed by atoms with van der Waals surface area (Å²) in [4.78, 5) is 15.4. The number of rotatable bonds is 1. The van der Waals surface area contributed by atoms with Crippen LogP contribution in [0.4, 0.5) is 9.18 Å². The molecule has 8 heteroatoms. The highest BCUT2D eigenvalue weighted by atomic mass is 32.2. The summed E-state index contributed by atoms with van der Waals surface area (Å²) in [7, 11) is -3.32. The van der Waals surface area contributed by atoms with Gasteiger partial charge in [-0.1, -0.05) is 5.92 Å². The molecule has 128 valence electrons. The lowest BCUT2D eigenvalue weighted by atomic mass is 9.92. The second kappa shape index (κ2) is 5.60. The van der Waals surface area contributed by atoms with Crippen LogP contribution in [-0.4, -0.2) is 31.7 Å². The topological polar surface area (TPSA) is 103 Å². The number of terminal acetylenes is 1. The Bertz CT molecular complexity index is 884. The first-order chi connectivity index (χ1) is 10.9. The van der Waals surface area contributed by atoms with Crippen molar-refractivity contribution in [2.75, 3.05) is 5.75 Å². The summed E-state index contributed by atoms with van der Waals surface area (Å²) in [5.74, 6) is 1.40. The van der Waals surface area contributed by atoms with Crippen LogP contribution in [0.5, 0.6) is 0 Å². The first-order valence-electron chi connectivity index (χ1n) is 7.06. The Hall–Kier alpha value is -2.40. The van der Waals surface area contributed by atoms with Gasteiger partial charge in [0.05, 0.1) is 15.5 Å². The normalized spacial score (nSPS) is 28.5. The number of nitrogens with one attached hydrogen (secondary N) is 2. The summed E-state index contributed by atoms with van der Waals surface area (Å²) in [6.45, 7) is 4.47. The molecular weight excluding hydrogens is 333 g/mol. The molecule has 0 aliphatic carbocycles. The predicted octanol–water partition coefficient (Wildman–Crippen LogP) is 2.53. The van der Waals surface area contributed by atoms with E-state index in [1.807, 2.05) is 0 Å². The number of aliphatic imine (C=N–C) groups is 1. The fourth-order valence-electron chi connectivity index (χ4n) is 2.59. The van der Waals surface area contributed by atoms with Gasteiger partial charge in [0.1, 0.15) is 21.9 Å². The van der Waals surface area contributed by atoms with E-state index < -0.39 is 31.9 Å². The molecule has 1 aromatic carbocycles. The Labute approximate surface area is 140 Å². The number of amidine groups is 1. The van der Waals surface area contributed by atoms with Crippen molar-refractivity contribution >= 4 is 21.7 Å². The van der Waals surface area contributed by atoms with Crippen molar-refractivity contribution in [3.05, 3.63) is 35.1 Å². The molecule has 0 aromatic heterocycles. The number of nitrogens with zero attached hydrogens (tertiary/aromatic N) is 1. The Morgan fingerprint density at radius 1 is 1.50 bits per heavy atom. The average molecular weight is 351 g/mol. The monoisotopic (exact) mass is 351 g/mol. The first kappa shape index (κ1) is 17.9. The van der Waals surface area contributed by atoms with Crippen LogP contribution in [-0.2, 0) is 15.3 Å². The third kappa shape index (κ3) is 2.87. The van der Waals surface area contributed by atoms with Gasteiger partial charge >= 0.3 is 6.09 Å². The highest BCUT2D eigenvalue weighted by Gasteiger charge is 2.48. The SMILES string of the molecule is C#Cc1ccc(F)c([C@]2(C)C[S@](=N)(=O)C(C)(C)C(NC(=O)O)=N2)c1. The van der Waals surface area contributed by atoms with Crippen LogP contribution in [0.2, 0.25) is 0 Å². The summed E-state index contributed by atoms with van der Waals surface area (Å²) in [5, 5.41) is 11.1. The third-order valence-electron chi connectivity index (χ3n) is 4.18. The van der Waals surface area contributed by atoms with Gasteiger partial charge in [-0.3, -0.25) is 15.1 Å². The average Bonchev–Trinajstić information content (AvgIpc) is 2.44. The van der Waals surface area contributed by atoms with Gasteiger partial charge in [0.2, 0.25) is 0 Å². The molecular formula is C16H18FN3O3S. The van der Waals surface area contributed by atoms with Gasteiger partial charge in [-0.05, 0) is 39.0 Å². The number of carbonyl (C=O) groups is 1. The van der Waals surface area contributed by atoms with Crippen LogP contribution >= 0.6 is 0 Å². The van der Waals surface area contributed by atoms with Crippen LogP contribution in [0.3, 0.4) is 0 Å². The van der Waals surface area contributed by atoms with E-state index in [2.05, 4.69) is 16.2 Å². The molecule has 1 heterocycles. The Morgan fingerprint density at radius 2 is 2.12 bits per heavy atom. The molecule has 6 nitrogen and oxygen atoms in total. The number of carboxylic acid groups (broad SMARTS) is 1. The van der Waals surface area contributed by atoms with Gasteiger partial charge in [-0.15, -0.1) is 6.42 Å². The van der Waals surface area contributed by atoms with Gasteiger partial charge in [0, 0.05) is 11.1 Å². The van der Waals surface area contributed by atoms with Crippen molar-refractivity contribution < 1.29 is 18.5 Å². The molecule has 1 aliphatic heterocycles. The van der Waals surface area contributed by atoms with Crippen molar-refractivity contribution in [2.24, 2.45) is 4.99 Å². The maximum absolute atomic E-state index is 14.3. The van der Waals surface area contributed by atoms with Gasteiger partial charge in [-0.25, -0.2) is 13.4 Å². The van der Waals surface area contributed by atoms with Gasteiger partial charge in [-0.2, -0.15) is 0 Å². The van der Waals surface area contributed by atoms with Crippen LogP contribution in [0.25, 0.3) is 0 Å². The molecule has 3 N–H and O–H groups in total. The van der Waals surface area contributed by atoms with E-state index in [1.165, 1.54) is 39.0 Å². The minimum Gasteiger partial charge on any atom is -0.465 e. The molecule has 0 saturated carbocycles. The van der Waals surface area contributed by atoms with Gasteiger partial charge < -0.3 is 5.11 Å². The molecule has 2 atom stereocenters. The fraction of sp³-hybridized carbons (Fsp3) is 0.375. The van der Waals surface area contributed by atoms with Crippen LogP contribution in [0, 0.1) is 22.9 Å². The summed E-state index contributed by atoms with van der Waals surface area (Å²) < 4.78 is 34.2. The van der Waals surface area contributed by atoms with Gasteiger partial charge in [0.15, 0.2) is 0 Å². The molecule has 2 rings (SSSR count). The molecule has 0 unspecified atom stereocenters. The van der Waals surface area contributed by atoms with Crippen LogP contribution in [0.15, 0.2) is 23.2 Å². The second-order valence-corrected chi connectivity index (χ2v) is 8.99. The third-order valence-corrected chi connectivity index (χ3v) is 6.99. The van der Waals surface area contributed by atoms with E-state index in [0.29, 0.717) is 5.56 Å². The lowest BCUT2D eigenvalue weighted by Gasteiger charge is -2.40. The van der Waals surface area contributed by atoms with E-state index in [0.717, 1.165) is 0 Å². The molecule has 0 fully saturated rings. The summed E-state index contributed by atoms with van der Waals surface area (Å²) in [5.41, 5.74) is -0.877. The van der Waals surface area contributed by atoms with Crippen LogP contribution in [0.1, 0.15) is 31.9 Å². The fourth-order valence-corrected chi connectivity index (χ4v) is 4.37. The number of benzene rings is 1. The molecule has 0 bridgehead atoms. The summed E-state index contributed by atoms with van der Waals surface area (Å²) in [6, 6.07) is 4.01. The molecule has 1 amide bonds. The first-order valence-corrected chi connectivity index (χ1v) is 8.78. The Kier molecular flexibility index (Phi) is 4.19. The van der Waals surface area contributed by atoms with Crippen molar-refractivity contribution in [1.29, 1.82) is 4.78 Å². The number of amides is 1. The highest BCUT2D eigenvalue weighted by Crippen LogP contribution is 2.38. The van der Waals surface area contributed by atoms with Crippen LogP contribution < -0.4 is 5.32 Å². The van der Waals surface area contributed by atoms with E-state index >= 15 is 0 Å². The Morgan fingerprint density at radius 3 is 2.67 bits per heavy atom. The van der Waals surface area contributed by atoms with E-state index in [1.54, 1.807) is 0 Å². The lowest BCUT2D eigenvalue weighted by molar-refractivity contribution is 0.199. The molecule has 24 heavy (non-hydrogen) atoms. The smallest absolute Gasteiger partial charge is 0.410 e. The molecule has 0 radical (unpaired) electrons. The highest BCUT2D eigenvalue weighted by molar-refractivity contribution is 7.94. The van der Waals surface area contributed by atoms with E-state index in [-0.39, 0.29) is 17.2 Å². The molecule has 1 aliphatic rings. The van der Waals surface area contributed by atoms with Crippen molar-refractivity contribution in [3.63, 3.8) is 0 Å². The lowest BCUT2D eigenvalue weighted by Crippen LogP contribution is -2.57. The Balaban J connectivity index is 2.73. The van der Waals surface area contributed by atoms with Crippen molar-refractivity contribution in [1.82, 2.24) is 5.32 Å². The zero-order chi connectivity index (χ0) is 18.3. The quantitative estimate of drug-likeness (QED) is 0.677. The standard InChI is InChI=1S/C16H18FN3O3S/c1-5-10-6-7-12(17)11(8-10)16(4)9-24(18,23)15(2,3)13(20-16)19-14(21)22/h1,6-8,18H,9H2,2-4H3,(H,19,20)(H,21,22)/t16-,24-/m0/s1. The maximum Gasteiger partial charge on any atom is 0.410 e. The summed E-state index contributed by atoms with van der Waals surface area (Å²) in [6.07, 6.45) is 3.95.